The van der Waals surface area contributed by atoms with Crippen LogP contribution < -0.4 is 11.5 Å². The van der Waals surface area contributed by atoms with Gasteiger partial charge in [-0.1, -0.05) is 18.9 Å². The predicted molar refractivity (Wildman–Crippen MR) is 64.7 cm³/mol. The van der Waals surface area contributed by atoms with Crippen LogP contribution in [0, 0.1) is 0 Å². The predicted octanol–water partition coefficient (Wildman–Crippen LogP) is 1.54. The Morgan fingerprint density at radius 3 is 1.88 bits per heavy atom. The fourth-order valence-electron chi connectivity index (χ4n) is 2.65. The van der Waals surface area contributed by atoms with Crippen LogP contribution in [0.5, 0.6) is 0 Å². The second kappa shape index (κ2) is 4.57. The van der Waals surface area contributed by atoms with Gasteiger partial charge in [0.15, 0.2) is 0 Å². The van der Waals surface area contributed by atoms with Gasteiger partial charge in [0.2, 0.25) is 11.8 Å². The summed E-state index contributed by atoms with van der Waals surface area (Å²) in [5.74, 6) is -0.744. The topological polar surface area (TPSA) is 86.2 Å². The van der Waals surface area contributed by atoms with Gasteiger partial charge in [-0.2, -0.15) is 0 Å². The second-order valence-electron chi connectivity index (χ2n) is 4.48. The van der Waals surface area contributed by atoms with Crippen molar-refractivity contribution >= 4 is 11.8 Å². The molecular formula is C13H16N2O2. The number of carbonyl (C=O) groups excluding carboxylic acids is 2. The number of nitrogens with two attached hydrogens (primary N) is 2. The average molecular weight is 232 g/mol. The Hall–Kier alpha value is -1.84. The maximum Gasteiger partial charge on any atom is 0.249 e. The van der Waals surface area contributed by atoms with Crippen LogP contribution in [0.3, 0.4) is 0 Å². The Balaban J connectivity index is 2.57. The second-order valence-corrected chi connectivity index (χ2v) is 4.48. The van der Waals surface area contributed by atoms with E-state index in [1.807, 2.05) is 0 Å². The maximum atomic E-state index is 11.4. The molecule has 4 heteroatoms. The number of carbonyl (C=O) groups is 2. The first-order valence-corrected chi connectivity index (χ1v) is 5.83. The quantitative estimate of drug-likeness (QED) is 0.828. The van der Waals surface area contributed by atoms with Crippen molar-refractivity contribution in [3.05, 3.63) is 34.9 Å². The standard InChI is InChI=1S/C13H16N2O2/c14-12(16)9-6-3-7-10(13(15)17)11(9)8-4-1-2-5-8/h3,6-8H,1-2,4-5H2,(H2,14,16)(H2,15,17). The Kier molecular flexibility index (Phi) is 3.13. The van der Waals surface area contributed by atoms with Crippen LogP contribution in [0.1, 0.15) is 57.9 Å². The highest BCUT2D eigenvalue weighted by atomic mass is 16.1. The summed E-state index contributed by atoms with van der Waals surface area (Å²) in [6, 6.07) is 4.99. The van der Waals surface area contributed by atoms with Gasteiger partial charge in [0.25, 0.3) is 0 Å². The van der Waals surface area contributed by atoms with Crippen molar-refractivity contribution in [1.29, 1.82) is 0 Å². The minimum Gasteiger partial charge on any atom is -0.366 e. The molecule has 0 spiro atoms. The Morgan fingerprint density at radius 1 is 1.00 bits per heavy atom. The molecule has 1 aromatic carbocycles. The average Bonchev–Trinajstić information content (AvgIpc) is 2.80. The lowest BCUT2D eigenvalue weighted by atomic mass is 9.88. The Morgan fingerprint density at radius 2 is 1.47 bits per heavy atom. The molecule has 0 unspecified atom stereocenters. The van der Waals surface area contributed by atoms with Crippen molar-refractivity contribution in [1.82, 2.24) is 0 Å². The minimum atomic E-state index is -0.491. The number of hydrogen-bond donors (Lipinski definition) is 2. The summed E-state index contributed by atoms with van der Waals surface area (Å²) in [6.45, 7) is 0. The van der Waals surface area contributed by atoms with Crippen molar-refractivity contribution in [2.45, 2.75) is 31.6 Å². The summed E-state index contributed by atoms with van der Waals surface area (Å²) >= 11 is 0. The third-order valence-corrected chi connectivity index (χ3v) is 3.40. The lowest BCUT2D eigenvalue weighted by molar-refractivity contribution is 0.0999. The van der Waals surface area contributed by atoms with E-state index in [0.717, 1.165) is 31.2 Å². The maximum absolute atomic E-state index is 11.4. The summed E-state index contributed by atoms with van der Waals surface area (Å²) in [7, 11) is 0. The zero-order valence-corrected chi connectivity index (χ0v) is 9.61. The molecule has 0 bridgehead atoms. The van der Waals surface area contributed by atoms with E-state index < -0.39 is 11.8 Å². The summed E-state index contributed by atoms with van der Waals surface area (Å²) < 4.78 is 0. The van der Waals surface area contributed by atoms with Crippen LogP contribution >= 0.6 is 0 Å². The molecule has 0 radical (unpaired) electrons. The third kappa shape index (κ3) is 2.16. The van der Waals surface area contributed by atoms with E-state index in [0.29, 0.717) is 11.1 Å². The molecule has 2 amide bonds. The van der Waals surface area contributed by atoms with Crippen LogP contribution in [-0.4, -0.2) is 11.8 Å². The van der Waals surface area contributed by atoms with Crippen LogP contribution in [0.15, 0.2) is 18.2 Å². The lowest BCUT2D eigenvalue weighted by Crippen LogP contribution is -2.21. The van der Waals surface area contributed by atoms with Crippen LogP contribution in [0.2, 0.25) is 0 Å². The van der Waals surface area contributed by atoms with Crippen molar-refractivity contribution < 1.29 is 9.59 Å². The largest absolute Gasteiger partial charge is 0.366 e. The first-order valence-electron chi connectivity index (χ1n) is 5.83. The molecule has 1 saturated carbocycles. The summed E-state index contributed by atoms with van der Waals surface area (Å²) in [4.78, 5) is 22.8. The van der Waals surface area contributed by atoms with Crippen molar-refractivity contribution in [2.75, 3.05) is 0 Å². The number of benzene rings is 1. The molecule has 1 aliphatic carbocycles. The Bertz CT molecular complexity index is 430. The molecule has 0 aromatic heterocycles. The van der Waals surface area contributed by atoms with Crippen molar-refractivity contribution in [3.63, 3.8) is 0 Å². The van der Waals surface area contributed by atoms with E-state index >= 15 is 0 Å². The smallest absolute Gasteiger partial charge is 0.249 e. The highest BCUT2D eigenvalue weighted by Gasteiger charge is 2.25. The van der Waals surface area contributed by atoms with Crippen LogP contribution in [0.4, 0.5) is 0 Å². The zero-order valence-electron chi connectivity index (χ0n) is 9.61. The van der Waals surface area contributed by atoms with Crippen LogP contribution in [0.25, 0.3) is 0 Å². The van der Waals surface area contributed by atoms with Gasteiger partial charge in [0.05, 0.1) is 0 Å². The normalized spacial score (nSPS) is 16.0. The molecule has 90 valence electrons. The first-order chi connectivity index (χ1) is 8.11. The molecule has 1 aliphatic rings. The van der Waals surface area contributed by atoms with Crippen molar-refractivity contribution in [3.8, 4) is 0 Å². The van der Waals surface area contributed by atoms with Crippen LogP contribution in [-0.2, 0) is 0 Å². The fourth-order valence-corrected chi connectivity index (χ4v) is 2.65. The Labute approximate surface area is 100.0 Å². The highest BCUT2D eigenvalue weighted by Crippen LogP contribution is 2.37. The molecule has 0 heterocycles. The van der Waals surface area contributed by atoms with Gasteiger partial charge in [0, 0.05) is 11.1 Å². The summed E-state index contributed by atoms with van der Waals surface area (Å²) in [5.41, 5.74) is 12.4. The van der Waals surface area contributed by atoms with Gasteiger partial charge < -0.3 is 11.5 Å². The molecular weight excluding hydrogens is 216 g/mol. The highest BCUT2D eigenvalue weighted by molar-refractivity contribution is 6.01. The molecule has 0 saturated heterocycles. The van der Waals surface area contributed by atoms with E-state index in [9.17, 15) is 9.59 Å². The number of amides is 2. The molecule has 0 atom stereocenters. The molecule has 4 N–H and O–H groups in total. The van der Waals surface area contributed by atoms with E-state index in [1.165, 1.54) is 0 Å². The van der Waals surface area contributed by atoms with E-state index in [2.05, 4.69) is 0 Å². The SMILES string of the molecule is NC(=O)c1cccc(C(N)=O)c1C1CCCC1. The van der Waals surface area contributed by atoms with Gasteiger partial charge >= 0.3 is 0 Å². The lowest BCUT2D eigenvalue weighted by Gasteiger charge is -2.16. The number of primary amides is 2. The summed E-state index contributed by atoms with van der Waals surface area (Å²) in [6.07, 6.45) is 4.22. The molecule has 1 fully saturated rings. The minimum absolute atomic E-state index is 0.237. The fraction of sp³-hybridized carbons (Fsp3) is 0.385. The van der Waals surface area contributed by atoms with Crippen molar-refractivity contribution in [2.24, 2.45) is 11.5 Å². The summed E-state index contributed by atoms with van der Waals surface area (Å²) in [5, 5.41) is 0. The van der Waals surface area contributed by atoms with Gasteiger partial charge in [0.1, 0.15) is 0 Å². The molecule has 0 aliphatic heterocycles. The van der Waals surface area contributed by atoms with E-state index in [4.69, 9.17) is 11.5 Å². The molecule has 4 nitrogen and oxygen atoms in total. The molecule has 1 aromatic rings. The molecule has 2 rings (SSSR count). The van der Waals surface area contributed by atoms with Gasteiger partial charge in [-0.3, -0.25) is 9.59 Å². The monoisotopic (exact) mass is 232 g/mol. The zero-order chi connectivity index (χ0) is 12.4. The van der Waals surface area contributed by atoms with Gasteiger partial charge in [-0.25, -0.2) is 0 Å². The third-order valence-electron chi connectivity index (χ3n) is 3.40. The van der Waals surface area contributed by atoms with Gasteiger partial charge in [-0.05, 0) is 36.5 Å². The first kappa shape index (κ1) is 11.6. The molecule has 17 heavy (non-hydrogen) atoms. The van der Waals surface area contributed by atoms with E-state index in [1.54, 1.807) is 18.2 Å². The van der Waals surface area contributed by atoms with E-state index in [-0.39, 0.29) is 5.92 Å². The number of rotatable bonds is 3. The number of hydrogen-bond acceptors (Lipinski definition) is 2. The van der Waals surface area contributed by atoms with Gasteiger partial charge in [-0.15, -0.1) is 0 Å².